The summed E-state index contributed by atoms with van der Waals surface area (Å²) < 4.78 is 1.99. The summed E-state index contributed by atoms with van der Waals surface area (Å²) >= 11 is 6.50. The number of amides is 1. The third-order valence-corrected chi connectivity index (χ3v) is 6.87. The van der Waals surface area contributed by atoms with Crippen molar-refractivity contribution in [2.45, 2.75) is 46.1 Å². The van der Waals surface area contributed by atoms with Crippen LogP contribution < -0.4 is 10.5 Å². The van der Waals surface area contributed by atoms with Gasteiger partial charge in [0.15, 0.2) is 0 Å². The van der Waals surface area contributed by atoms with Crippen LogP contribution >= 0.6 is 24.0 Å². The van der Waals surface area contributed by atoms with Gasteiger partial charge in [-0.15, -0.1) is 0 Å². The molecule has 0 aromatic carbocycles. The van der Waals surface area contributed by atoms with E-state index in [0.29, 0.717) is 33.3 Å². The Morgan fingerprint density at radius 1 is 1.32 bits per heavy atom. The van der Waals surface area contributed by atoms with E-state index in [9.17, 15) is 19.6 Å². The molecular weight excluding hydrogens is 436 g/mol. The quantitative estimate of drug-likeness (QED) is 0.489. The molecule has 2 saturated heterocycles. The van der Waals surface area contributed by atoms with Crippen LogP contribution in [0.25, 0.3) is 6.08 Å². The van der Waals surface area contributed by atoms with E-state index in [1.807, 2.05) is 13.0 Å². The van der Waals surface area contributed by atoms with E-state index in [-0.39, 0.29) is 30.0 Å². The Hall–Kier alpha value is -2.64. The van der Waals surface area contributed by atoms with Crippen molar-refractivity contribution in [1.29, 1.82) is 5.26 Å². The van der Waals surface area contributed by atoms with Gasteiger partial charge in [-0.1, -0.05) is 24.0 Å². The van der Waals surface area contributed by atoms with E-state index < -0.39 is 5.97 Å². The van der Waals surface area contributed by atoms with Crippen molar-refractivity contribution in [2.24, 2.45) is 0 Å². The Labute approximate surface area is 190 Å². The van der Waals surface area contributed by atoms with Gasteiger partial charge < -0.3 is 10.0 Å². The fourth-order valence-electron chi connectivity index (χ4n) is 3.92. The lowest BCUT2D eigenvalue weighted by molar-refractivity contribution is -0.137. The number of aliphatic carboxylic acids is 1. The number of hydrogen-bond donors (Lipinski definition) is 1. The third kappa shape index (κ3) is 4.52. The molecule has 1 aromatic rings. The van der Waals surface area contributed by atoms with Gasteiger partial charge in [-0.2, -0.15) is 5.26 Å². The summed E-state index contributed by atoms with van der Waals surface area (Å²) in [6, 6.07) is 2.02. The molecule has 0 radical (unpaired) electrons. The first-order chi connectivity index (χ1) is 14.8. The first-order valence-electron chi connectivity index (χ1n) is 10.2. The lowest BCUT2D eigenvalue weighted by Gasteiger charge is -2.26. The standard InChI is InChI=1S/C21H24N4O4S2/c1-3-24-18(23-8-4-5-9-23)14(13(2)15(12-22)19(24)28)11-16-20(29)25(21(30)31-16)10-6-7-17(26)27/h11H,3-10H2,1-2H3,(H,26,27)/b16-11+. The molecule has 0 atom stereocenters. The molecule has 2 fully saturated rings. The highest BCUT2D eigenvalue weighted by molar-refractivity contribution is 8.26. The van der Waals surface area contributed by atoms with Crippen LogP contribution in [0.4, 0.5) is 5.82 Å². The van der Waals surface area contributed by atoms with Gasteiger partial charge in [-0.05, 0) is 44.7 Å². The summed E-state index contributed by atoms with van der Waals surface area (Å²) in [6.45, 7) is 5.87. The second-order valence-corrected chi connectivity index (χ2v) is 9.10. The topological polar surface area (TPSA) is 107 Å². The minimum absolute atomic E-state index is 0.0404. The molecular formula is C21H24N4O4S2. The molecule has 1 aromatic heterocycles. The molecule has 2 aliphatic rings. The number of carboxylic acids is 1. The summed E-state index contributed by atoms with van der Waals surface area (Å²) in [4.78, 5) is 40.6. The third-order valence-electron chi connectivity index (χ3n) is 5.49. The molecule has 10 heteroatoms. The van der Waals surface area contributed by atoms with Crippen molar-refractivity contribution in [1.82, 2.24) is 9.47 Å². The van der Waals surface area contributed by atoms with Crippen molar-refractivity contribution < 1.29 is 14.7 Å². The van der Waals surface area contributed by atoms with Crippen LogP contribution in [0, 0.1) is 18.3 Å². The zero-order chi connectivity index (χ0) is 22.7. The largest absolute Gasteiger partial charge is 0.481 e. The van der Waals surface area contributed by atoms with Gasteiger partial charge in [0, 0.05) is 38.2 Å². The number of rotatable bonds is 7. The number of carboxylic acid groups (broad SMARTS) is 1. The summed E-state index contributed by atoms with van der Waals surface area (Å²) in [7, 11) is 0. The molecule has 2 aliphatic heterocycles. The van der Waals surface area contributed by atoms with Crippen molar-refractivity contribution >= 4 is 52.1 Å². The number of thiocarbonyl (C=S) groups is 1. The number of aromatic nitrogens is 1. The Bertz CT molecular complexity index is 1060. The van der Waals surface area contributed by atoms with Crippen LogP contribution in [-0.2, 0) is 16.1 Å². The average molecular weight is 461 g/mol. The highest BCUT2D eigenvalue weighted by atomic mass is 32.2. The second kappa shape index (κ2) is 9.66. The molecule has 3 heterocycles. The maximum Gasteiger partial charge on any atom is 0.303 e. The maximum atomic E-state index is 13.0. The Balaban J connectivity index is 2.08. The van der Waals surface area contributed by atoms with Crippen LogP contribution in [0.15, 0.2) is 9.70 Å². The van der Waals surface area contributed by atoms with Gasteiger partial charge in [0.05, 0.1) is 4.91 Å². The van der Waals surface area contributed by atoms with Crippen LogP contribution in [0.5, 0.6) is 0 Å². The summed E-state index contributed by atoms with van der Waals surface area (Å²) in [5.74, 6) is -0.463. The fourth-order valence-corrected chi connectivity index (χ4v) is 5.21. The lowest BCUT2D eigenvalue weighted by Crippen LogP contribution is -2.33. The molecule has 0 unspecified atom stereocenters. The molecule has 0 saturated carbocycles. The van der Waals surface area contributed by atoms with E-state index >= 15 is 0 Å². The number of carbonyl (C=O) groups is 2. The minimum atomic E-state index is -0.919. The zero-order valence-electron chi connectivity index (χ0n) is 17.5. The smallest absolute Gasteiger partial charge is 0.303 e. The van der Waals surface area contributed by atoms with Crippen molar-refractivity contribution in [3.63, 3.8) is 0 Å². The molecule has 1 amide bonds. The first kappa shape index (κ1) is 23.0. The number of nitrogens with zero attached hydrogens (tertiary/aromatic N) is 4. The van der Waals surface area contributed by atoms with Crippen LogP contribution in [0.3, 0.4) is 0 Å². The highest BCUT2D eigenvalue weighted by Crippen LogP contribution is 2.36. The van der Waals surface area contributed by atoms with Gasteiger partial charge in [0.1, 0.15) is 21.8 Å². The Kier molecular flexibility index (Phi) is 7.18. The van der Waals surface area contributed by atoms with E-state index in [0.717, 1.165) is 43.5 Å². The molecule has 8 nitrogen and oxygen atoms in total. The summed E-state index contributed by atoms with van der Waals surface area (Å²) in [5, 5.41) is 18.4. The summed E-state index contributed by atoms with van der Waals surface area (Å²) in [5.41, 5.74) is 0.997. The lowest BCUT2D eigenvalue weighted by atomic mass is 10.0. The molecule has 3 rings (SSSR count). The number of hydrogen-bond acceptors (Lipinski definition) is 7. The van der Waals surface area contributed by atoms with Gasteiger partial charge in [-0.3, -0.25) is 23.9 Å². The monoisotopic (exact) mass is 460 g/mol. The molecule has 1 N–H and O–H groups in total. The fraction of sp³-hybridized carbons (Fsp3) is 0.476. The Morgan fingerprint density at radius 3 is 2.58 bits per heavy atom. The molecule has 31 heavy (non-hydrogen) atoms. The van der Waals surface area contributed by atoms with Crippen molar-refractivity contribution in [2.75, 3.05) is 24.5 Å². The van der Waals surface area contributed by atoms with Gasteiger partial charge in [-0.25, -0.2) is 0 Å². The van der Waals surface area contributed by atoms with Crippen LogP contribution in [-0.4, -0.2) is 50.4 Å². The van der Waals surface area contributed by atoms with E-state index in [2.05, 4.69) is 4.90 Å². The van der Waals surface area contributed by atoms with Crippen molar-refractivity contribution in [3.05, 3.63) is 31.9 Å². The van der Waals surface area contributed by atoms with Gasteiger partial charge in [0.25, 0.3) is 11.5 Å². The van der Waals surface area contributed by atoms with Crippen molar-refractivity contribution in [3.8, 4) is 6.07 Å². The van der Waals surface area contributed by atoms with Gasteiger partial charge >= 0.3 is 5.97 Å². The Morgan fingerprint density at radius 2 is 2.00 bits per heavy atom. The normalized spacial score (nSPS) is 17.6. The first-order valence-corrected chi connectivity index (χ1v) is 11.4. The molecule has 0 spiro atoms. The average Bonchev–Trinajstić information content (AvgIpc) is 3.34. The number of nitriles is 1. The molecule has 0 aliphatic carbocycles. The predicted octanol–water partition coefficient (Wildman–Crippen LogP) is 2.71. The second-order valence-electron chi connectivity index (χ2n) is 7.42. The highest BCUT2D eigenvalue weighted by Gasteiger charge is 2.33. The van der Waals surface area contributed by atoms with E-state index in [4.69, 9.17) is 17.3 Å². The molecule has 164 valence electrons. The van der Waals surface area contributed by atoms with Crippen LogP contribution in [0.2, 0.25) is 0 Å². The zero-order valence-corrected chi connectivity index (χ0v) is 19.1. The molecule has 0 bridgehead atoms. The van der Waals surface area contributed by atoms with Crippen LogP contribution in [0.1, 0.15) is 49.3 Å². The maximum absolute atomic E-state index is 13.0. The number of thioether (sulfide) groups is 1. The predicted molar refractivity (Wildman–Crippen MR) is 124 cm³/mol. The number of pyridine rings is 1. The van der Waals surface area contributed by atoms with E-state index in [1.54, 1.807) is 17.6 Å². The minimum Gasteiger partial charge on any atom is -0.481 e. The van der Waals surface area contributed by atoms with Gasteiger partial charge in [0.2, 0.25) is 0 Å². The number of anilines is 1. The van der Waals surface area contributed by atoms with E-state index in [1.165, 1.54) is 4.90 Å². The number of carbonyl (C=O) groups excluding carboxylic acids is 1. The summed E-state index contributed by atoms with van der Waals surface area (Å²) in [6.07, 6.45) is 4.03. The SMILES string of the molecule is CCn1c(N2CCCC2)c(/C=C2/SC(=S)N(CCCC(=O)O)C2=O)c(C)c(C#N)c1=O.